The average Bonchev–Trinajstić information content (AvgIpc) is 3.11. The van der Waals surface area contributed by atoms with Crippen LogP contribution >= 0.6 is 0 Å². The first kappa shape index (κ1) is 17.9. The van der Waals surface area contributed by atoms with Gasteiger partial charge in [0.2, 0.25) is 0 Å². The van der Waals surface area contributed by atoms with Crippen molar-refractivity contribution >= 4 is 38.1 Å². The van der Waals surface area contributed by atoms with Crippen LogP contribution in [0.25, 0.3) is 11.0 Å². The third kappa shape index (κ3) is 3.49. The molecule has 0 bridgehead atoms. The molecule has 0 aliphatic rings. The van der Waals surface area contributed by atoms with E-state index < -0.39 is 21.7 Å². The average molecular weight is 402 g/mol. The van der Waals surface area contributed by atoms with E-state index in [1.54, 1.807) is 6.07 Å². The van der Waals surface area contributed by atoms with E-state index >= 15 is 0 Å². The number of hydrogen-bond acceptors (Lipinski definition) is 6. The molecule has 2 N–H and O–H groups in total. The predicted octanol–water partition coefficient (Wildman–Crippen LogP) is 4.05. The molecule has 0 unspecified atom stereocenters. The fourth-order valence-electron chi connectivity index (χ4n) is 2.65. The Kier molecular flexibility index (Phi) is 4.40. The smallest absolute Gasteiger partial charge is 0.264 e. The van der Waals surface area contributed by atoms with E-state index in [1.807, 2.05) is 0 Å². The Hall–Kier alpha value is -3.53. The number of rotatable bonds is 5. The molecule has 0 atom stereocenters. The van der Waals surface area contributed by atoms with Gasteiger partial charge in [-0.2, -0.15) is 0 Å². The molecule has 1 aromatic heterocycles. The molecule has 0 fully saturated rings. The zero-order valence-corrected chi connectivity index (χ0v) is 14.9. The second-order valence-corrected chi connectivity index (χ2v) is 7.47. The van der Waals surface area contributed by atoms with E-state index in [-0.39, 0.29) is 21.6 Å². The molecular weight excluding hydrogens is 390 g/mol. The van der Waals surface area contributed by atoms with Gasteiger partial charge in [0.25, 0.3) is 10.0 Å². The minimum atomic E-state index is -4.09. The third-order valence-electron chi connectivity index (χ3n) is 3.85. The summed E-state index contributed by atoms with van der Waals surface area (Å²) in [5.74, 6) is -1.01. The summed E-state index contributed by atoms with van der Waals surface area (Å²) in [5, 5.41) is 10.4. The number of sulfonamides is 1. The van der Waals surface area contributed by atoms with Gasteiger partial charge >= 0.3 is 0 Å². The van der Waals surface area contributed by atoms with Crippen molar-refractivity contribution in [2.75, 3.05) is 10.0 Å². The molecule has 0 amide bonds. The molecule has 142 valence electrons. The van der Waals surface area contributed by atoms with Gasteiger partial charge in [-0.1, -0.05) is 12.1 Å². The summed E-state index contributed by atoms with van der Waals surface area (Å²) in [4.78, 5) is -0.196. The fraction of sp³-hybridized carbons (Fsp3) is 0. The summed E-state index contributed by atoms with van der Waals surface area (Å²) >= 11 is 0. The van der Waals surface area contributed by atoms with Gasteiger partial charge in [0.15, 0.2) is 11.0 Å². The topological polar surface area (TPSA) is 97.1 Å². The molecule has 0 spiro atoms. The number of anilines is 3. The van der Waals surface area contributed by atoms with E-state index in [2.05, 4.69) is 20.4 Å². The van der Waals surface area contributed by atoms with Crippen molar-refractivity contribution in [3.8, 4) is 0 Å². The summed E-state index contributed by atoms with van der Waals surface area (Å²) in [7, 11) is -4.09. The Morgan fingerprint density at radius 3 is 2.18 bits per heavy atom. The van der Waals surface area contributed by atoms with Crippen LogP contribution in [-0.2, 0) is 10.0 Å². The van der Waals surface area contributed by atoms with Crippen molar-refractivity contribution in [3.05, 3.63) is 72.3 Å². The summed E-state index contributed by atoms with van der Waals surface area (Å²) in [6.07, 6.45) is 0. The van der Waals surface area contributed by atoms with Crippen LogP contribution in [0.2, 0.25) is 0 Å². The van der Waals surface area contributed by atoms with Crippen LogP contribution in [0.4, 0.5) is 25.8 Å². The molecule has 0 radical (unpaired) electrons. The predicted molar refractivity (Wildman–Crippen MR) is 98.7 cm³/mol. The SMILES string of the molecule is O=S(=O)(Nc1cccc(F)c1)c1ccc(Nc2cccc(F)c2)c2nonc12. The maximum absolute atomic E-state index is 13.4. The van der Waals surface area contributed by atoms with E-state index in [1.165, 1.54) is 48.5 Å². The van der Waals surface area contributed by atoms with Crippen LogP contribution in [0.3, 0.4) is 0 Å². The number of hydrogen-bond donors (Lipinski definition) is 2. The molecule has 7 nitrogen and oxygen atoms in total. The van der Waals surface area contributed by atoms with Crippen LogP contribution in [0.1, 0.15) is 0 Å². The second kappa shape index (κ2) is 6.89. The molecule has 1 heterocycles. The van der Waals surface area contributed by atoms with Crippen LogP contribution in [0.5, 0.6) is 0 Å². The highest BCUT2D eigenvalue weighted by molar-refractivity contribution is 7.93. The minimum absolute atomic E-state index is 0.0229. The van der Waals surface area contributed by atoms with Gasteiger partial charge in [-0.15, -0.1) is 0 Å². The number of aromatic nitrogens is 2. The van der Waals surface area contributed by atoms with Crippen LogP contribution in [-0.4, -0.2) is 18.7 Å². The van der Waals surface area contributed by atoms with Crippen LogP contribution in [0.15, 0.2) is 70.2 Å². The van der Waals surface area contributed by atoms with Gasteiger partial charge < -0.3 is 5.32 Å². The summed E-state index contributed by atoms with van der Waals surface area (Å²) in [5.41, 5.74) is 1.01. The van der Waals surface area contributed by atoms with Gasteiger partial charge in [-0.3, -0.25) is 4.72 Å². The molecule has 0 aliphatic heterocycles. The van der Waals surface area contributed by atoms with Crippen molar-refractivity contribution in [3.63, 3.8) is 0 Å². The Labute approximate surface area is 158 Å². The molecule has 10 heteroatoms. The fourth-order valence-corrected chi connectivity index (χ4v) is 3.83. The lowest BCUT2D eigenvalue weighted by Crippen LogP contribution is -2.13. The Morgan fingerprint density at radius 2 is 1.46 bits per heavy atom. The highest BCUT2D eigenvalue weighted by Gasteiger charge is 2.23. The summed E-state index contributed by atoms with van der Waals surface area (Å²) in [6, 6.07) is 13.5. The number of nitrogens with one attached hydrogen (secondary N) is 2. The zero-order valence-electron chi connectivity index (χ0n) is 14.1. The zero-order chi connectivity index (χ0) is 19.7. The Bertz CT molecular complexity index is 1270. The number of nitrogens with zero attached hydrogens (tertiary/aromatic N) is 2. The first-order chi connectivity index (χ1) is 13.4. The number of fused-ring (bicyclic) bond motifs is 1. The van der Waals surface area contributed by atoms with Crippen LogP contribution < -0.4 is 10.0 Å². The van der Waals surface area contributed by atoms with Crippen molar-refractivity contribution in [2.24, 2.45) is 0 Å². The normalized spacial score (nSPS) is 11.5. The van der Waals surface area contributed by atoms with E-state index in [9.17, 15) is 17.2 Å². The van der Waals surface area contributed by atoms with Gasteiger partial charge in [-0.05, 0) is 58.8 Å². The van der Waals surface area contributed by atoms with Crippen LogP contribution in [0, 0.1) is 11.6 Å². The lowest BCUT2D eigenvalue weighted by atomic mass is 10.2. The van der Waals surface area contributed by atoms with Crippen molar-refractivity contribution in [1.82, 2.24) is 10.3 Å². The van der Waals surface area contributed by atoms with Crippen molar-refractivity contribution in [2.45, 2.75) is 4.90 Å². The van der Waals surface area contributed by atoms with Gasteiger partial charge in [0.05, 0.1) is 11.4 Å². The van der Waals surface area contributed by atoms with Gasteiger partial charge in [-0.25, -0.2) is 21.8 Å². The summed E-state index contributed by atoms with van der Waals surface area (Å²) in [6.45, 7) is 0. The number of halogens is 2. The standard InChI is InChI=1S/C18H12F2N4O3S/c19-11-3-1-5-13(9-11)21-15-7-8-16(18-17(15)22-27-23-18)28(25,26)24-14-6-2-4-12(20)10-14/h1-10,21,24H. The molecule has 28 heavy (non-hydrogen) atoms. The molecular formula is C18H12F2N4O3S. The molecule has 0 saturated heterocycles. The highest BCUT2D eigenvalue weighted by Crippen LogP contribution is 2.30. The lowest BCUT2D eigenvalue weighted by Gasteiger charge is -2.10. The first-order valence-electron chi connectivity index (χ1n) is 7.99. The quantitative estimate of drug-likeness (QED) is 0.523. The maximum Gasteiger partial charge on any atom is 0.264 e. The van der Waals surface area contributed by atoms with E-state index in [0.29, 0.717) is 11.4 Å². The lowest BCUT2D eigenvalue weighted by molar-refractivity contribution is 0.315. The molecule has 4 aromatic rings. The molecule has 3 aromatic carbocycles. The van der Waals surface area contributed by atoms with E-state index in [0.717, 1.165) is 6.07 Å². The maximum atomic E-state index is 13.4. The summed E-state index contributed by atoms with van der Waals surface area (Å²) < 4.78 is 59.2. The minimum Gasteiger partial charge on any atom is -0.354 e. The monoisotopic (exact) mass is 402 g/mol. The Balaban J connectivity index is 1.72. The Morgan fingerprint density at radius 1 is 0.821 bits per heavy atom. The van der Waals surface area contributed by atoms with Crippen molar-refractivity contribution < 1.29 is 21.8 Å². The molecule has 4 rings (SSSR count). The van der Waals surface area contributed by atoms with Crippen molar-refractivity contribution in [1.29, 1.82) is 0 Å². The highest BCUT2D eigenvalue weighted by atomic mass is 32.2. The largest absolute Gasteiger partial charge is 0.354 e. The molecule has 0 saturated carbocycles. The third-order valence-corrected chi connectivity index (χ3v) is 5.26. The molecule has 0 aliphatic carbocycles. The van der Waals surface area contributed by atoms with Gasteiger partial charge in [0, 0.05) is 5.69 Å². The second-order valence-electron chi connectivity index (χ2n) is 5.82. The van der Waals surface area contributed by atoms with E-state index in [4.69, 9.17) is 4.63 Å². The first-order valence-corrected chi connectivity index (χ1v) is 9.47. The van der Waals surface area contributed by atoms with Gasteiger partial charge in [0.1, 0.15) is 16.5 Å². The number of benzene rings is 3.